The number of aromatic nitrogens is 2. The van der Waals surface area contributed by atoms with Gasteiger partial charge >= 0.3 is 0 Å². The van der Waals surface area contributed by atoms with Crippen LogP contribution >= 0.6 is 0 Å². The van der Waals surface area contributed by atoms with Crippen LogP contribution in [0.1, 0.15) is 30.3 Å². The highest BCUT2D eigenvalue weighted by Gasteiger charge is 2.29. The van der Waals surface area contributed by atoms with Crippen molar-refractivity contribution in [3.63, 3.8) is 0 Å². The average molecular weight is 314 g/mol. The molecule has 6 heteroatoms. The number of nitrogens with zero attached hydrogens (tertiary/aromatic N) is 3. The molecular weight excluding hydrogens is 292 g/mol. The van der Waals surface area contributed by atoms with E-state index < -0.39 is 0 Å². The van der Waals surface area contributed by atoms with E-state index in [1.54, 1.807) is 4.90 Å². The van der Waals surface area contributed by atoms with Crippen LogP contribution in [0, 0.1) is 5.92 Å². The molecule has 1 saturated heterocycles. The molecule has 3 N–H and O–H groups in total. The third kappa shape index (κ3) is 3.22. The van der Waals surface area contributed by atoms with Gasteiger partial charge in [0.05, 0.1) is 11.9 Å². The van der Waals surface area contributed by atoms with Crippen molar-refractivity contribution in [2.45, 2.75) is 25.8 Å². The summed E-state index contributed by atoms with van der Waals surface area (Å²) in [5, 5.41) is 14.4. The lowest BCUT2D eigenvalue weighted by molar-refractivity contribution is 0.0651. The first-order valence-corrected chi connectivity index (χ1v) is 7.95. The summed E-state index contributed by atoms with van der Waals surface area (Å²) >= 11 is 0. The molecule has 0 bridgehead atoms. The molecule has 1 amide bonds. The Bertz CT molecular complexity index is 681. The first kappa shape index (κ1) is 15.6. The second-order valence-electron chi connectivity index (χ2n) is 6.16. The van der Waals surface area contributed by atoms with Crippen LogP contribution < -0.4 is 5.73 Å². The van der Waals surface area contributed by atoms with Gasteiger partial charge in [-0.15, -0.1) is 0 Å². The number of piperidine rings is 1. The van der Waals surface area contributed by atoms with Gasteiger partial charge in [0.15, 0.2) is 11.4 Å². The van der Waals surface area contributed by atoms with Crippen LogP contribution in [0.5, 0.6) is 5.75 Å². The Kier molecular flexibility index (Phi) is 4.34. The van der Waals surface area contributed by atoms with E-state index in [0.29, 0.717) is 19.0 Å². The number of hydrogen-bond acceptors (Lipinski definition) is 4. The van der Waals surface area contributed by atoms with E-state index in [2.05, 4.69) is 5.10 Å². The van der Waals surface area contributed by atoms with Gasteiger partial charge in [0.25, 0.3) is 5.91 Å². The van der Waals surface area contributed by atoms with Crippen LogP contribution in [0.25, 0.3) is 5.69 Å². The maximum Gasteiger partial charge on any atom is 0.278 e. The summed E-state index contributed by atoms with van der Waals surface area (Å²) in [5.41, 5.74) is 6.87. The number of benzene rings is 1. The highest BCUT2D eigenvalue weighted by Crippen LogP contribution is 2.24. The fourth-order valence-corrected chi connectivity index (χ4v) is 3.00. The third-order valence-electron chi connectivity index (χ3n) is 4.41. The number of hydrogen-bond donors (Lipinski definition) is 2. The molecule has 3 rings (SSSR count). The fraction of sp³-hybridized carbons (Fsp3) is 0.412. The molecule has 1 fully saturated rings. The van der Waals surface area contributed by atoms with Gasteiger partial charge in [-0.1, -0.05) is 18.2 Å². The number of carbonyl (C=O) groups excluding carboxylic acids is 1. The van der Waals surface area contributed by atoms with Gasteiger partial charge in [-0.3, -0.25) is 4.79 Å². The van der Waals surface area contributed by atoms with Crippen molar-refractivity contribution in [2.75, 3.05) is 13.1 Å². The van der Waals surface area contributed by atoms with Crippen LogP contribution in [-0.2, 0) is 0 Å². The number of carbonyl (C=O) groups is 1. The quantitative estimate of drug-likeness (QED) is 0.904. The first-order chi connectivity index (χ1) is 11.1. The molecule has 2 heterocycles. The summed E-state index contributed by atoms with van der Waals surface area (Å²) in [4.78, 5) is 14.4. The van der Waals surface area contributed by atoms with Gasteiger partial charge in [0.1, 0.15) is 0 Å². The highest BCUT2D eigenvalue weighted by molar-refractivity contribution is 5.94. The van der Waals surface area contributed by atoms with Gasteiger partial charge in [0, 0.05) is 19.1 Å². The maximum atomic E-state index is 12.7. The lowest BCUT2D eigenvalue weighted by Crippen LogP contribution is -2.45. The van der Waals surface area contributed by atoms with Gasteiger partial charge in [-0.2, -0.15) is 5.10 Å². The second kappa shape index (κ2) is 6.42. The van der Waals surface area contributed by atoms with E-state index in [0.717, 1.165) is 18.5 Å². The van der Waals surface area contributed by atoms with E-state index >= 15 is 0 Å². The minimum atomic E-state index is -0.234. The van der Waals surface area contributed by atoms with Crippen molar-refractivity contribution in [3.8, 4) is 11.4 Å². The molecule has 1 aromatic heterocycles. The molecule has 2 unspecified atom stereocenters. The Balaban J connectivity index is 1.81. The van der Waals surface area contributed by atoms with Crippen LogP contribution in [0.2, 0.25) is 0 Å². The maximum absolute atomic E-state index is 12.7. The lowest BCUT2D eigenvalue weighted by Gasteiger charge is -2.34. The summed E-state index contributed by atoms with van der Waals surface area (Å²) in [6, 6.07) is 9.46. The van der Waals surface area contributed by atoms with E-state index in [-0.39, 0.29) is 23.4 Å². The molecule has 2 aromatic rings. The summed E-state index contributed by atoms with van der Waals surface area (Å²) in [7, 11) is 0. The van der Waals surface area contributed by atoms with Crippen molar-refractivity contribution in [1.29, 1.82) is 0 Å². The highest BCUT2D eigenvalue weighted by atomic mass is 16.3. The Morgan fingerprint density at radius 1 is 1.39 bits per heavy atom. The smallest absolute Gasteiger partial charge is 0.278 e. The molecule has 0 aliphatic carbocycles. The number of rotatable bonds is 3. The minimum Gasteiger partial charge on any atom is -0.504 e. The number of aromatic hydroxyl groups is 1. The molecule has 6 nitrogen and oxygen atoms in total. The minimum absolute atomic E-state index is 0.0565. The van der Waals surface area contributed by atoms with Gasteiger partial charge in [-0.25, -0.2) is 4.68 Å². The molecule has 0 saturated carbocycles. The van der Waals surface area contributed by atoms with Gasteiger partial charge in [-0.05, 0) is 37.8 Å². The molecule has 1 aromatic carbocycles. The summed E-state index contributed by atoms with van der Waals surface area (Å²) in [6.07, 6.45) is 3.43. The van der Waals surface area contributed by atoms with E-state index in [4.69, 9.17) is 5.73 Å². The number of likely N-dealkylation sites (tertiary alicyclic amines) is 1. The zero-order valence-electron chi connectivity index (χ0n) is 13.2. The normalized spacial score (nSPS) is 19.6. The molecule has 0 spiro atoms. The predicted octanol–water partition coefficient (Wildman–Crippen LogP) is 1.78. The Morgan fingerprint density at radius 3 is 2.83 bits per heavy atom. The zero-order chi connectivity index (χ0) is 16.4. The van der Waals surface area contributed by atoms with Gasteiger partial charge < -0.3 is 15.7 Å². The van der Waals surface area contributed by atoms with E-state index in [1.165, 1.54) is 10.9 Å². The molecule has 1 aliphatic heterocycles. The number of nitrogens with two attached hydrogens (primary N) is 1. The summed E-state index contributed by atoms with van der Waals surface area (Å²) < 4.78 is 1.52. The standard InChI is InChI=1S/C17H22N4O2/c1-12(18)13-6-5-9-20(10-13)17(23)16-15(22)11-21(19-16)14-7-3-2-4-8-14/h2-4,7-8,11-13,22H,5-6,9-10,18H2,1H3. The monoisotopic (exact) mass is 314 g/mol. The van der Waals surface area contributed by atoms with Crippen molar-refractivity contribution >= 4 is 5.91 Å². The van der Waals surface area contributed by atoms with Crippen molar-refractivity contribution in [1.82, 2.24) is 14.7 Å². The molecular formula is C17H22N4O2. The van der Waals surface area contributed by atoms with Crippen LogP contribution in [0.15, 0.2) is 36.5 Å². The summed E-state index contributed by atoms with van der Waals surface area (Å²) in [5.74, 6) is -0.0321. The average Bonchev–Trinajstić information content (AvgIpc) is 2.97. The van der Waals surface area contributed by atoms with Crippen LogP contribution in [-0.4, -0.2) is 44.8 Å². The number of para-hydroxylation sites is 1. The Labute approximate surface area is 135 Å². The summed E-state index contributed by atoms with van der Waals surface area (Å²) in [6.45, 7) is 3.27. The van der Waals surface area contributed by atoms with Crippen LogP contribution in [0.4, 0.5) is 0 Å². The first-order valence-electron chi connectivity index (χ1n) is 7.95. The van der Waals surface area contributed by atoms with Gasteiger partial charge in [0.2, 0.25) is 0 Å². The molecule has 2 atom stereocenters. The fourth-order valence-electron chi connectivity index (χ4n) is 3.00. The largest absolute Gasteiger partial charge is 0.504 e. The lowest BCUT2D eigenvalue weighted by atomic mass is 9.92. The van der Waals surface area contributed by atoms with Crippen molar-refractivity contribution < 1.29 is 9.90 Å². The van der Waals surface area contributed by atoms with Crippen molar-refractivity contribution in [3.05, 3.63) is 42.2 Å². The number of amides is 1. The second-order valence-corrected chi connectivity index (χ2v) is 6.16. The SMILES string of the molecule is CC(N)C1CCCN(C(=O)c2nn(-c3ccccc3)cc2O)C1. The molecule has 23 heavy (non-hydrogen) atoms. The Hall–Kier alpha value is -2.34. The van der Waals surface area contributed by atoms with Crippen LogP contribution in [0.3, 0.4) is 0 Å². The van der Waals surface area contributed by atoms with Crippen molar-refractivity contribution in [2.24, 2.45) is 11.7 Å². The van der Waals surface area contributed by atoms with E-state index in [1.807, 2.05) is 37.3 Å². The molecule has 1 aliphatic rings. The molecule has 122 valence electrons. The Morgan fingerprint density at radius 2 is 2.13 bits per heavy atom. The molecule has 0 radical (unpaired) electrons. The predicted molar refractivity (Wildman–Crippen MR) is 87.5 cm³/mol. The zero-order valence-corrected chi connectivity index (χ0v) is 13.2. The third-order valence-corrected chi connectivity index (χ3v) is 4.41. The topological polar surface area (TPSA) is 84.4 Å². The van der Waals surface area contributed by atoms with E-state index in [9.17, 15) is 9.90 Å².